The molecule has 4 heteroatoms. The molecule has 0 aromatic heterocycles. The first-order chi connectivity index (χ1) is 7.17. The van der Waals surface area contributed by atoms with E-state index >= 15 is 0 Å². The van der Waals surface area contributed by atoms with Crippen LogP contribution in [0.3, 0.4) is 0 Å². The van der Waals surface area contributed by atoms with E-state index in [2.05, 4.69) is 27.9 Å². The molecule has 0 saturated heterocycles. The van der Waals surface area contributed by atoms with Gasteiger partial charge in [0.05, 0.1) is 6.07 Å². The lowest BCUT2D eigenvalue weighted by molar-refractivity contribution is -0.118. The van der Waals surface area contributed by atoms with Crippen molar-refractivity contribution in [2.75, 3.05) is 5.32 Å². The third-order valence-electron chi connectivity index (χ3n) is 1.99. The van der Waals surface area contributed by atoms with Gasteiger partial charge in [-0.3, -0.25) is 4.79 Å². The fraction of sp³-hybridized carbons (Fsp3) is 0.273. The molecule has 1 atom stereocenters. The largest absolute Gasteiger partial charge is 0.325 e. The van der Waals surface area contributed by atoms with Crippen LogP contribution in [0.4, 0.5) is 5.69 Å². The quantitative estimate of drug-likeness (QED) is 0.872. The summed E-state index contributed by atoms with van der Waals surface area (Å²) in [6, 6.07) is 9.43. The van der Waals surface area contributed by atoms with Crippen LogP contribution in [0.2, 0.25) is 0 Å². The standard InChI is InChI=1S/C11H11IN2O/c1-2-8(7-13)11(15)14-10-5-3-9(12)4-6-10/h3-6,8H,2H2,1H3,(H,14,15). The Labute approximate surface area is 103 Å². The third kappa shape index (κ3) is 3.51. The van der Waals surface area contributed by atoms with Gasteiger partial charge in [-0.05, 0) is 53.3 Å². The molecule has 0 saturated carbocycles. The Morgan fingerprint density at radius 3 is 2.60 bits per heavy atom. The molecule has 0 aliphatic heterocycles. The van der Waals surface area contributed by atoms with Crippen LogP contribution in [0.15, 0.2) is 24.3 Å². The molecule has 1 N–H and O–H groups in total. The van der Waals surface area contributed by atoms with Crippen molar-refractivity contribution in [1.29, 1.82) is 5.26 Å². The summed E-state index contributed by atoms with van der Waals surface area (Å²) < 4.78 is 1.11. The van der Waals surface area contributed by atoms with Gasteiger partial charge in [0.15, 0.2) is 0 Å². The van der Waals surface area contributed by atoms with Gasteiger partial charge in [-0.15, -0.1) is 0 Å². The summed E-state index contributed by atoms with van der Waals surface area (Å²) in [5, 5.41) is 11.4. The smallest absolute Gasteiger partial charge is 0.241 e. The Kier molecular flexibility index (Phi) is 4.56. The second-order valence-electron chi connectivity index (χ2n) is 3.09. The van der Waals surface area contributed by atoms with Crippen molar-refractivity contribution < 1.29 is 4.79 Å². The number of anilines is 1. The maximum absolute atomic E-state index is 11.5. The van der Waals surface area contributed by atoms with Gasteiger partial charge < -0.3 is 5.32 Å². The molecule has 0 spiro atoms. The predicted molar refractivity (Wildman–Crippen MR) is 67.2 cm³/mol. The molecule has 0 aliphatic carbocycles. The Balaban J connectivity index is 2.67. The Bertz CT molecular complexity index is 381. The summed E-state index contributed by atoms with van der Waals surface area (Å²) in [5.41, 5.74) is 0.731. The van der Waals surface area contributed by atoms with Gasteiger partial charge in [-0.25, -0.2) is 0 Å². The van der Waals surface area contributed by atoms with E-state index in [1.165, 1.54) is 0 Å². The third-order valence-corrected chi connectivity index (χ3v) is 2.71. The Hall–Kier alpha value is -1.09. The van der Waals surface area contributed by atoms with Crippen LogP contribution < -0.4 is 5.32 Å². The molecule has 0 bridgehead atoms. The summed E-state index contributed by atoms with van der Waals surface area (Å²) in [6.45, 7) is 1.82. The van der Waals surface area contributed by atoms with Crippen LogP contribution in [-0.2, 0) is 4.79 Å². The van der Waals surface area contributed by atoms with Crippen LogP contribution in [-0.4, -0.2) is 5.91 Å². The number of nitriles is 1. The highest BCUT2D eigenvalue weighted by Gasteiger charge is 2.14. The van der Waals surface area contributed by atoms with Gasteiger partial charge in [0.25, 0.3) is 0 Å². The second-order valence-corrected chi connectivity index (χ2v) is 4.33. The van der Waals surface area contributed by atoms with Gasteiger partial charge in [-0.2, -0.15) is 5.26 Å². The van der Waals surface area contributed by atoms with Crippen LogP contribution in [0.5, 0.6) is 0 Å². The van der Waals surface area contributed by atoms with E-state index < -0.39 is 5.92 Å². The second kappa shape index (κ2) is 5.71. The minimum absolute atomic E-state index is 0.235. The number of hydrogen-bond donors (Lipinski definition) is 1. The van der Waals surface area contributed by atoms with Crippen molar-refractivity contribution in [1.82, 2.24) is 0 Å². The van der Waals surface area contributed by atoms with Crippen LogP contribution in [0.25, 0.3) is 0 Å². The molecule has 1 amide bonds. The first-order valence-corrected chi connectivity index (χ1v) is 5.71. The summed E-state index contributed by atoms with van der Waals surface area (Å²) in [6.07, 6.45) is 0.534. The van der Waals surface area contributed by atoms with Crippen molar-refractivity contribution in [2.45, 2.75) is 13.3 Å². The van der Waals surface area contributed by atoms with E-state index in [4.69, 9.17) is 5.26 Å². The molecule has 78 valence electrons. The summed E-state index contributed by atoms with van der Waals surface area (Å²) in [4.78, 5) is 11.5. The van der Waals surface area contributed by atoms with Gasteiger partial charge >= 0.3 is 0 Å². The molecule has 0 fully saturated rings. The predicted octanol–water partition coefficient (Wildman–Crippen LogP) is 2.78. The molecule has 15 heavy (non-hydrogen) atoms. The van der Waals surface area contributed by atoms with Crippen molar-refractivity contribution in [3.8, 4) is 6.07 Å². The maximum atomic E-state index is 11.5. The van der Waals surface area contributed by atoms with Gasteiger partial charge in [0.2, 0.25) is 5.91 Å². The average molecular weight is 314 g/mol. The van der Waals surface area contributed by atoms with Crippen molar-refractivity contribution in [3.05, 3.63) is 27.8 Å². The minimum atomic E-state index is -0.565. The SMILES string of the molecule is CCC(C#N)C(=O)Nc1ccc(I)cc1. The van der Waals surface area contributed by atoms with E-state index in [1.54, 1.807) is 0 Å². The van der Waals surface area contributed by atoms with E-state index in [0.717, 1.165) is 9.26 Å². The molecule has 1 aromatic rings. The Morgan fingerprint density at radius 2 is 2.13 bits per heavy atom. The summed E-state index contributed by atoms with van der Waals surface area (Å²) in [5.74, 6) is -0.800. The number of halogens is 1. The van der Waals surface area contributed by atoms with Gasteiger partial charge in [-0.1, -0.05) is 6.92 Å². The summed E-state index contributed by atoms with van der Waals surface area (Å²) in [7, 11) is 0. The lowest BCUT2D eigenvalue weighted by Gasteiger charge is -2.07. The van der Waals surface area contributed by atoms with E-state index in [9.17, 15) is 4.79 Å². The zero-order valence-corrected chi connectivity index (χ0v) is 10.5. The molecule has 3 nitrogen and oxygen atoms in total. The van der Waals surface area contributed by atoms with E-state index in [-0.39, 0.29) is 5.91 Å². The average Bonchev–Trinajstić information content (AvgIpc) is 2.23. The summed E-state index contributed by atoms with van der Waals surface area (Å²) >= 11 is 2.19. The van der Waals surface area contributed by atoms with Crippen LogP contribution in [0.1, 0.15) is 13.3 Å². The van der Waals surface area contributed by atoms with Crippen LogP contribution >= 0.6 is 22.6 Å². The molecule has 1 aromatic carbocycles. The fourth-order valence-corrected chi connectivity index (χ4v) is 1.46. The lowest BCUT2D eigenvalue weighted by atomic mass is 10.1. The number of nitrogens with zero attached hydrogens (tertiary/aromatic N) is 1. The molecule has 0 aliphatic rings. The number of amides is 1. The molecule has 1 unspecified atom stereocenters. The normalized spacial score (nSPS) is 11.5. The number of carbonyl (C=O) groups excluding carboxylic acids is 1. The molecular weight excluding hydrogens is 303 g/mol. The molecular formula is C11H11IN2O. The number of benzene rings is 1. The van der Waals surface area contributed by atoms with Gasteiger partial charge in [0, 0.05) is 9.26 Å². The highest BCUT2D eigenvalue weighted by molar-refractivity contribution is 14.1. The monoisotopic (exact) mass is 314 g/mol. The van der Waals surface area contributed by atoms with Crippen molar-refractivity contribution in [3.63, 3.8) is 0 Å². The van der Waals surface area contributed by atoms with E-state index in [1.807, 2.05) is 37.3 Å². The minimum Gasteiger partial charge on any atom is -0.325 e. The topological polar surface area (TPSA) is 52.9 Å². The zero-order valence-electron chi connectivity index (χ0n) is 8.33. The van der Waals surface area contributed by atoms with Crippen molar-refractivity contribution in [2.24, 2.45) is 5.92 Å². The first-order valence-electron chi connectivity index (χ1n) is 4.63. The van der Waals surface area contributed by atoms with Crippen molar-refractivity contribution >= 4 is 34.2 Å². The molecule has 0 radical (unpaired) electrons. The van der Waals surface area contributed by atoms with E-state index in [0.29, 0.717) is 6.42 Å². The zero-order chi connectivity index (χ0) is 11.3. The highest BCUT2D eigenvalue weighted by atomic mass is 127. The number of nitrogens with one attached hydrogen (secondary N) is 1. The highest BCUT2D eigenvalue weighted by Crippen LogP contribution is 2.13. The number of carbonyl (C=O) groups is 1. The lowest BCUT2D eigenvalue weighted by Crippen LogP contribution is -2.20. The molecule has 0 heterocycles. The first kappa shape index (κ1) is 12.0. The number of rotatable bonds is 3. The number of hydrogen-bond acceptors (Lipinski definition) is 2. The van der Waals surface area contributed by atoms with Gasteiger partial charge in [0.1, 0.15) is 5.92 Å². The molecule has 1 rings (SSSR count). The maximum Gasteiger partial charge on any atom is 0.241 e. The van der Waals surface area contributed by atoms with Crippen LogP contribution in [0, 0.1) is 20.8 Å². The Morgan fingerprint density at radius 1 is 1.53 bits per heavy atom. The fourth-order valence-electron chi connectivity index (χ4n) is 1.10.